The fraction of sp³-hybridized carbons (Fsp3) is 0.692. The Morgan fingerprint density at radius 2 is 1.73 bits per heavy atom. The van der Waals surface area contributed by atoms with Crippen molar-refractivity contribution >= 4 is 10.1 Å². The van der Waals surface area contributed by atoms with E-state index in [0.717, 1.165) is 6.54 Å². The van der Waals surface area contributed by atoms with Crippen LogP contribution >= 0.6 is 0 Å². The van der Waals surface area contributed by atoms with E-state index >= 15 is 0 Å². The fourth-order valence-electron chi connectivity index (χ4n) is 1.55. The predicted octanol–water partition coefficient (Wildman–Crippen LogP) is 2.57. The number of rotatable bonds is 0. The molecule has 0 spiro atoms. The van der Waals surface area contributed by atoms with Crippen LogP contribution < -0.4 is 0 Å². The predicted molar refractivity (Wildman–Crippen MR) is 63.5 cm³/mol. The van der Waals surface area contributed by atoms with E-state index in [9.17, 15) is 0 Å². The van der Waals surface area contributed by atoms with Gasteiger partial charge in [0.05, 0.1) is 0 Å². The first-order valence-corrected chi connectivity index (χ1v) is 6.94. The van der Waals surface area contributed by atoms with Crippen molar-refractivity contribution in [3.63, 3.8) is 0 Å². The van der Waals surface area contributed by atoms with Gasteiger partial charge < -0.3 is 0 Å². The number of hydrogen-bond acceptors (Lipinski definition) is 0. The average Bonchev–Trinajstić information content (AvgIpc) is 2.27. The maximum atomic E-state index is 2.44. The molecular formula is C13H22NW+. The summed E-state index contributed by atoms with van der Waals surface area (Å²) in [6.07, 6.45) is 4.72. The van der Waals surface area contributed by atoms with E-state index in [1.54, 1.807) is 23.3 Å². The Bertz CT molecular complexity index is 335. The van der Waals surface area contributed by atoms with Gasteiger partial charge in [0.25, 0.3) is 0 Å². The SMILES string of the molecule is CC(C)(C)C=C1C=[N+](C(C)(C)C)C[C]1=[W]. The van der Waals surface area contributed by atoms with E-state index in [1.807, 2.05) is 0 Å². The zero-order valence-electron chi connectivity index (χ0n) is 10.7. The molecule has 0 radical (unpaired) electrons. The van der Waals surface area contributed by atoms with E-state index < -0.39 is 0 Å². The normalized spacial score (nSPS) is 21.1. The van der Waals surface area contributed by atoms with Crippen LogP contribution in [0.25, 0.3) is 0 Å². The molecule has 0 aliphatic carbocycles. The monoisotopic (exact) mass is 376 g/mol. The van der Waals surface area contributed by atoms with Crippen molar-refractivity contribution in [3.8, 4) is 0 Å². The van der Waals surface area contributed by atoms with Crippen molar-refractivity contribution in [3.05, 3.63) is 11.6 Å². The summed E-state index contributed by atoms with van der Waals surface area (Å²) < 4.78 is 4.01. The molecule has 1 nitrogen and oxygen atoms in total. The Balaban J connectivity index is 3.01. The molecule has 0 fully saturated rings. The van der Waals surface area contributed by atoms with Crippen LogP contribution in [0.1, 0.15) is 41.5 Å². The van der Waals surface area contributed by atoms with E-state index in [4.69, 9.17) is 0 Å². The van der Waals surface area contributed by atoms with Crippen molar-refractivity contribution < 1.29 is 23.9 Å². The minimum absolute atomic E-state index is 0.244. The summed E-state index contributed by atoms with van der Waals surface area (Å²) in [5.74, 6) is 0. The first kappa shape index (κ1) is 13.0. The van der Waals surface area contributed by atoms with Gasteiger partial charge >= 0.3 is 105 Å². The maximum absolute atomic E-state index is 2.44. The molecule has 0 aromatic carbocycles. The van der Waals surface area contributed by atoms with Gasteiger partial charge in [0, 0.05) is 0 Å². The second kappa shape index (κ2) is 4.09. The first-order chi connectivity index (χ1) is 6.59. The molecule has 0 aromatic rings. The van der Waals surface area contributed by atoms with E-state index in [0.29, 0.717) is 0 Å². The van der Waals surface area contributed by atoms with Crippen molar-refractivity contribution in [2.24, 2.45) is 5.41 Å². The molecule has 1 aliphatic rings. The standard InChI is InChI=1S/C13H22N.W/c1-12(2,3)9-11-7-8-14(10-11)13(4,5)6;/h9-10H,8H2,1-6H3;/q+1;. The Morgan fingerprint density at radius 1 is 1.20 bits per heavy atom. The van der Waals surface area contributed by atoms with Crippen LogP contribution in [0.2, 0.25) is 0 Å². The Hall–Kier alpha value is -0.0317. The van der Waals surface area contributed by atoms with Gasteiger partial charge in [0.1, 0.15) is 0 Å². The third-order valence-electron chi connectivity index (χ3n) is 2.38. The Morgan fingerprint density at radius 3 is 2.07 bits per heavy atom. The zero-order valence-corrected chi connectivity index (χ0v) is 13.7. The van der Waals surface area contributed by atoms with Gasteiger partial charge in [0.2, 0.25) is 0 Å². The molecule has 1 heterocycles. The molecule has 0 aromatic heterocycles. The van der Waals surface area contributed by atoms with E-state index in [2.05, 4.69) is 58.4 Å². The van der Waals surface area contributed by atoms with Crippen LogP contribution in [0.5, 0.6) is 0 Å². The molecule has 0 N–H and O–H groups in total. The van der Waals surface area contributed by atoms with Crippen LogP contribution in [0.3, 0.4) is 0 Å². The second-order valence-corrected chi connectivity index (χ2v) is 8.09. The van der Waals surface area contributed by atoms with E-state index in [-0.39, 0.29) is 11.0 Å². The number of hydrogen-bond donors (Lipinski definition) is 0. The first-order valence-electron chi connectivity index (χ1n) is 5.47. The van der Waals surface area contributed by atoms with Crippen molar-refractivity contribution in [2.75, 3.05) is 6.54 Å². The van der Waals surface area contributed by atoms with Gasteiger partial charge in [0.15, 0.2) is 0 Å². The van der Waals surface area contributed by atoms with Gasteiger partial charge in [-0.15, -0.1) is 0 Å². The topological polar surface area (TPSA) is 3.01 Å². The van der Waals surface area contributed by atoms with Gasteiger partial charge in [-0.1, -0.05) is 0 Å². The fourth-order valence-corrected chi connectivity index (χ4v) is 2.45. The summed E-state index contributed by atoms with van der Waals surface area (Å²) in [5.41, 5.74) is 1.97. The molecule has 1 aliphatic heterocycles. The molecule has 0 amide bonds. The number of nitrogens with zero attached hydrogens (tertiary/aromatic N) is 1. The Labute approximate surface area is 105 Å². The van der Waals surface area contributed by atoms with Crippen molar-refractivity contribution in [1.29, 1.82) is 0 Å². The molecule has 0 saturated heterocycles. The van der Waals surface area contributed by atoms with Gasteiger partial charge in [-0.3, -0.25) is 0 Å². The van der Waals surface area contributed by atoms with Crippen LogP contribution in [-0.2, 0) is 19.4 Å². The molecule has 2 heteroatoms. The number of allylic oxidation sites excluding steroid dienone is 1. The van der Waals surface area contributed by atoms with Gasteiger partial charge in [-0.05, 0) is 0 Å². The molecule has 0 unspecified atom stereocenters. The third-order valence-corrected chi connectivity index (χ3v) is 3.69. The molecule has 84 valence electrons. The molecule has 0 atom stereocenters. The molecule has 0 saturated carbocycles. The van der Waals surface area contributed by atoms with Crippen LogP contribution in [0.4, 0.5) is 0 Å². The molecule has 15 heavy (non-hydrogen) atoms. The quantitative estimate of drug-likeness (QED) is 0.572. The second-order valence-electron chi connectivity index (χ2n) is 6.32. The van der Waals surface area contributed by atoms with Crippen molar-refractivity contribution in [1.82, 2.24) is 0 Å². The molecule has 0 bridgehead atoms. The zero-order chi connectivity index (χ0) is 11.9. The minimum atomic E-state index is 0.244. The van der Waals surface area contributed by atoms with Gasteiger partial charge in [-0.2, -0.15) is 0 Å². The van der Waals surface area contributed by atoms with Crippen LogP contribution in [0, 0.1) is 5.41 Å². The summed E-state index contributed by atoms with van der Waals surface area (Å²) >= 11 is 1.60. The summed E-state index contributed by atoms with van der Waals surface area (Å²) in [7, 11) is 0. The van der Waals surface area contributed by atoms with E-state index in [1.165, 1.54) is 5.57 Å². The summed E-state index contributed by atoms with van der Waals surface area (Å²) in [4.78, 5) is 0. The van der Waals surface area contributed by atoms with Crippen LogP contribution in [0.15, 0.2) is 11.6 Å². The summed E-state index contributed by atoms with van der Waals surface area (Å²) in [5, 5.41) is 0. The van der Waals surface area contributed by atoms with Crippen molar-refractivity contribution in [2.45, 2.75) is 47.1 Å². The Kier molecular flexibility index (Phi) is 3.55. The molecular weight excluding hydrogens is 354 g/mol. The summed E-state index contributed by atoms with van der Waals surface area (Å²) in [6, 6.07) is 0. The van der Waals surface area contributed by atoms with Crippen LogP contribution in [-0.4, -0.2) is 26.8 Å². The summed E-state index contributed by atoms with van der Waals surface area (Å²) in [6.45, 7) is 14.7. The third kappa shape index (κ3) is 3.79. The average molecular weight is 376 g/mol. The van der Waals surface area contributed by atoms with Gasteiger partial charge in [-0.25, -0.2) is 0 Å². The molecule has 1 rings (SSSR count).